The van der Waals surface area contributed by atoms with Crippen LogP contribution >= 0.6 is 11.3 Å². The number of nitrogens with zero attached hydrogens (tertiary/aromatic N) is 2. The molecule has 0 aliphatic carbocycles. The third-order valence-corrected chi connectivity index (χ3v) is 8.24. The Balaban J connectivity index is 1.98. The van der Waals surface area contributed by atoms with Crippen molar-refractivity contribution in [3.63, 3.8) is 0 Å². The quantitative estimate of drug-likeness (QED) is 0.449. The standard InChI is InChI=1S/C24H28FN3O3S2/c1-5-17(2)28(33(30,31)21-11-8-19(25)9-12-21)16-18-15-20(10-13-22(18)27(3)4)26-24(29)23-7-6-14-32-23/h6-15,17H,5,16H2,1-4H3,(H,26,29)/t17-/m0/s1. The first-order valence-electron chi connectivity index (χ1n) is 10.6. The summed E-state index contributed by atoms with van der Waals surface area (Å²) in [5, 5.41) is 4.72. The van der Waals surface area contributed by atoms with E-state index in [-0.39, 0.29) is 23.4 Å². The van der Waals surface area contributed by atoms with Crippen molar-refractivity contribution in [2.45, 2.75) is 37.8 Å². The Hall–Kier alpha value is -2.75. The predicted octanol–water partition coefficient (Wildman–Crippen LogP) is 5.19. The zero-order chi connectivity index (χ0) is 24.2. The van der Waals surface area contributed by atoms with Gasteiger partial charge in [-0.1, -0.05) is 13.0 Å². The minimum Gasteiger partial charge on any atom is -0.377 e. The molecule has 0 radical (unpaired) electrons. The molecular weight excluding hydrogens is 461 g/mol. The van der Waals surface area contributed by atoms with Gasteiger partial charge in [0.15, 0.2) is 0 Å². The Morgan fingerprint density at radius 1 is 1.12 bits per heavy atom. The lowest BCUT2D eigenvalue weighted by Crippen LogP contribution is -2.38. The summed E-state index contributed by atoms with van der Waals surface area (Å²) in [6, 6.07) is 13.6. The molecule has 1 aromatic heterocycles. The van der Waals surface area contributed by atoms with Gasteiger partial charge in [-0.15, -0.1) is 11.3 Å². The van der Waals surface area contributed by atoms with E-state index in [0.29, 0.717) is 17.0 Å². The highest BCUT2D eigenvalue weighted by Gasteiger charge is 2.29. The number of carbonyl (C=O) groups is 1. The van der Waals surface area contributed by atoms with Crippen LogP contribution in [0.15, 0.2) is 64.9 Å². The Morgan fingerprint density at radius 3 is 2.39 bits per heavy atom. The Kier molecular flexibility index (Phi) is 7.88. The maximum absolute atomic E-state index is 13.5. The first kappa shape index (κ1) is 24.9. The van der Waals surface area contributed by atoms with Crippen molar-refractivity contribution in [1.29, 1.82) is 0 Å². The number of benzene rings is 2. The van der Waals surface area contributed by atoms with Gasteiger partial charge < -0.3 is 10.2 Å². The Bertz CT molecular complexity index is 1190. The second kappa shape index (κ2) is 10.5. The highest BCUT2D eigenvalue weighted by atomic mass is 32.2. The van der Waals surface area contributed by atoms with Crippen molar-refractivity contribution in [2.75, 3.05) is 24.3 Å². The number of hydrogen-bond donors (Lipinski definition) is 1. The molecule has 0 saturated heterocycles. The van der Waals surface area contributed by atoms with Gasteiger partial charge in [-0.25, -0.2) is 12.8 Å². The SMILES string of the molecule is CC[C@H](C)N(Cc1cc(NC(=O)c2cccs2)ccc1N(C)C)S(=O)(=O)c1ccc(F)cc1. The molecule has 9 heteroatoms. The number of halogens is 1. The second-order valence-electron chi connectivity index (χ2n) is 7.93. The minimum atomic E-state index is -3.88. The molecule has 0 bridgehead atoms. The highest BCUT2D eigenvalue weighted by molar-refractivity contribution is 7.89. The number of rotatable bonds is 9. The van der Waals surface area contributed by atoms with Crippen LogP contribution in [0.4, 0.5) is 15.8 Å². The largest absolute Gasteiger partial charge is 0.377 e. The van der Waals surface area contributed by atoms with Crippen molar-refractivity contribution in [1.82, 2.24) is 4.31 Å². The van der Waals surface area contributed by atoms with Crippen molar-refractivity contribution in [2.24, 2.45) is 0 Å². The Labute approximate surface area is 198 Å². The van der Waals surface area contributed by atoms with E-state index in [1.165, 1.54) is 27.8 Å². The first-order valence-corrected chi connectivity index (χ1v) is 12.9. The molecule has 1 heterocycles. The van der Waals surface area contributed by atoms with Crippen molar-refractivity contribution in [3.8, 4) is 0 Å². The second-order valence-corrected chi connectivity index (χ2v) is 10.8. The average Bonchev–Trinajstić information content (AvgIpc) is 3.32. The summed E-state index contributed by atoms with van der Waals surface area (Å²) < 4.78 is 41.8. The van der Waals surface area contributed by atoms with E-state index >= 15 is 0 Å². The van der Waals surface area contributed by atoms with Gasteiger partial charge in [0.1, 0.15) is 5.82 Å². The molecular formula is C24H28FN3O3S2. The lowest BCUT2D eigenvalue weighted by Gasteiger charge is -2.30. The number of thiophene rings is 1. The van der Waals surface area contributed by atoms with Crippen molar-refractivity contribution < 1.29 is 17.6 Å². The van der Waals surface area contributed by atoms with Gasteiger partial charge in [-0.2, -0.15) is 4.31 Å². The zero-order valence-electron chi connectivity index (χ0n) is 19.1. The highest BCUT2D eigenvalue weighted by Crippen LogP contribution is 2.29. The molecule has 0 aliphatic heterocycles. The molecule has 3 rings (SSSR count). The van der Waals surface area contributed by atoms with Crippen LogP contribution in [0.25, 0.3) is 0 Å². The number of anilines is 2. The van der Waals surface area contributed by atoms with Gasteiger partial charge in [0, 0.05) is 38.1 Å². The van der Waals surface area contributed by atoms with Crippen LogP contribution in [0.1, 0.15) is 35.5 Å². The maximum atomic E-state index is 13.5. The molecule has 1 amide bonds. The average molecular weight is 490 g/mol. The fourth-order valence-electron chi connectivity index (χ4n) is 3.42. The molecule has 176 valence electrons. The third-order valence-electron chi connectivity index (χ3n) is 5.39. The topological polar surface area (TPSA) is 69.7 Å². The summed E-state index contributed by atoms with van der Waals surface area (Å²) in [5.74, 6) is -0.709. The molecule has 3 aromatic rings. The summed E-state index contributed by atoms with van der Waals surface area (Å²) >= 11 is 1.35. The fourth-order valence-corrected chi connectivity index (χ4v) is 5.72. The van der Waals surface area contributed by atoms with E-state index in [4.69, 9.17) is 0 Å². The van der Waals surface area contributed by atoms with Gasteiger partial charge in [0.2, 0.25) is 10.0 Å². The molecule has 6 nitrogen and oxygen atoms in total. The van der Waals surface area contributed by atoms with Gasteiger partial charge in [-0.3, -0.25) is 4.79 Å². The smallest absolute Gasteiger partial charge is 0.265 e. The van der Waals surface area contributed by atoms with Crippen LogP contribution in [0.5, 0.6) is 0 Å². The van der Waals surface area contributed by atoms with E-state index in [9.17, 15) is 17.6 Å². The summed E-state index contributed by atoms with van der Waals surface area (Å²) in [4.78, 5) is 15.0. The number of carbonyl (C=O) groups excluding carboxylic acids is 1. The monoisotopic (exact) mass is 489 g/mol. The van der Waals surface area contributed by atoms with Gasteiger partial charge in [-0.05, 0) is 72.8 Å². The van der Waals surface area contributed by atoms with Gasteiger partial charge in [0.25, 0.3) is 5.91 Å². The van der Waals surface area contributed by atoms with Crippen molar-refractivity contribution >= 4 is 38.6 Å². The summed E-state index contributed by atoms with van der Waals surface area (Å²) in [6.07, 6.45) is 0.604. The van der Waals surface area contributed by atoms with Crippen LogP contribution in [-0.2, 0) is 16.6 Å². The van der Waals surface area contributed by atoms with Crippen LogP contribution in [0.2, 0.25) is 0 Å². The molecule has 33 heavy (non-hydrogen) atoms. The number of sulfonamides is 1. The van der Waals surface area contributed by atoms with Crippen LogP contribution in [0.3, 0.4) is 0 Å². The van der Waals surface area contributed by atoms with E-state index in [2.05, 4.69) is 5.32 Å². The summed E-state index contributed by atoms with van der Waals surface area (Å²) in [7, 11) is -0.119. The van der Waals surface area contributed by atoms with Crippen LogP contribution in [-0.4, -0.2) is 38.8 Å². The molecule has 0 spiro atoms. The third kappa shape index (κ3) is 5.79. The lowest BCUT2D eigenvalue weighted by atomic mass is 10.1. The van der Waals surface area contributed by atoms with Crippen molar-refractivity contribution in [3.05, 3.63) is 76.2 Å². The number of nitrogens with one attached hydrogen (secondary N) is 1. The summed E-state index contributed by atoms with van der Waals surface area (Å²) in [5.41, 5.74) is 2.17. The van der Waals surface area contributed by atoms with E-state index in [0.717, 1.165) is 23.4 Å². The van der Waals surface area contributed by atoms with Crippen LogP contribution in [0, 0.1) is 5.82 Å². The molecule has 0 fully saturated rings. The van der Waals surface area contributed by atoms with Crippen LogP contribution < -0.4 is 10.2 Å². The zero-order valence-corrected chi connectivity index (χ0v) is 20.7. The fraction of sp³-hybridized carbons (Fsp3) is 0.292. The molecule has 0 saturated carbocycles. The lowest BCUT2D eigenvalue weighted by molar-refractivity contribution is 0.103. The van der Waals surface area contributed by atoms with Gasteiger partial charge in [0.05, 0.1) is 9.77 Å². The van der Waals surface area contributed by atoms with E-state index < -0.39 is 15.8 Å². The Morgan fingerprint density at radius 2 is 1.82 bits per heavy atom. The van der Waals surface area contributed by atoms with E-state index in [1.54, 1.807) is 18.2 Å². The normalized spacial score (nSPS) is 12.5. The number of amides is 1. The molecule has 0 unspecified atom stereocenters. The number of hydrogen-bond acceptors (Lipinski definition) is 5. The van der Waals surface area contributed by atoms with E-state index in [1.807, 2.05) is 50.4 Å². The minimum absolute atomic E-state index is 0.0396. The predicted molar refractivity (Wildman–Crippen MR) is 132 cm³/mol. The first-order chi connectivity index (χ1) is 15.6. The maximum Gasteiger partial charge on any atom is 0.265 e. The molecule has 1 atom stereocenters. The van der Waals surface area contributed by atoms with Gasteiger partial charge >= 0.3 is 0 Å². The molecule has 0 aliphatic rings. The molecule has 1 N–H and O–H groups in total. The summed E-state index contributed by atoms with van der Waals surface area (Å²) in [6.45, 7) is 3.87. The molecule has 2 aromatic carbocycles.